The van der Waals surface area contributed by atoms with E-state index in [2.05, 4.69) is 84.6 Å². The molecule has 2 aromatic carbocycles. The first-order valence-electron chi connectivity index (χ1n) is 14.0. The van der Waals surface area contributed by atoms with Gasteiger partial charge in [-0.1, -0.05) is 24.3 Å². The molecule has 1 atom stereocenters. The van der Waals surface area contributed by atoms with E-state index in [9.17, 15) is 9.90 Å². The summed E-state index contributed by atoms with van der Waals surface area (Å²) in [7, 11) is 6.30. The summed E-state index contributed by atoms with van der Waals surface area (Å²) >= 11 is 0. The molecule has 0 radical (unpaired) electrons. The zero-order valence-electron chi connectivity index (χ0n) is 24.3. The molecule has 1 aromatic heterocycles. The van der Waals surface area contributed by atoms with Crippen LogP contribution in [-0.2, 0) is 13.1 Å². The van der Waals surface area contributed by atoms with Crippen molar-refractivity contribution in [1.29, 1.82) is 0 Å². The molecule has 0 spiro atoms. The lowest BCUT2D eigenvalue weighted by molar-refractivity contribution is 0.136. The molecule has 0 amide bonds. The maximum Gasteiger partial charge on any atom is 0.252 e. The highest BCUT2D eigenvalue weighted by Crippen LogP contribution is 2.36. The van der Waals surface area contributed by atoms with Crippen molar-refractivity contribution >= 4 is 5.69 Å². The standard InChI is InChI=1S/C32H45N5O2/c1-20-15-21(2)35-32(39)29(20)18-34-31(38)28-16-25(24-9-7-23(8-10-24)19-36(4)5)17-30(22(28)3)37(6)27-13-11-26(33)12-14-27/h7-10,15-17,26-27,31,34,38H,11-14,18-19,33H2,1-6H3,(H,35,39). The predicted molar refractivity (Wildman–Crippen MR) is 161 cm³/mol. The molecule has 1 aliphatic carbocycles. The van der Waals surface area contributed by atoms with Crippen LogP contribution in [0.15, 0.2) is 47.3 Å². The van der Waals surface area contributed by atoms with Gasteiger partial charge in [-0.2, -0.15) is 0 Å². The van der Waals surface area contributed by atoms with Gasteiger partial charge in [-0.15, -0.1) is 0 Å². The van der Waals surface area contributed by atoms with Gasteiger partial charge in [0.2, 0.25) is 0 Å². The Morgan fingerprint density at radius 1 is 1.00 bits per heavy atom. The lowest BCUT2D eigenvalue weighted by atomic mass is 9.89. The molecule has 3 aromatic rings. The summed E-state index contributed by atoms with van der Waals surface area (Å²) in [5, 5.41) is 14.6. The van der Waals surface area contributed by atoms with Crippen molar-refractivity contribution in [3.05, 3.63) is 86.3 Å². The summed E-state index contributed by atoms with van der Waals surface area (Å²) in [6, 6.07) is 15.6. The first kappa shape index (κ1) is 29.0. The normalized spacial score (nSPS) is 18.4. The zero-order chi connectivity index (χ0) is 28.3. The number of benzene rings is 2. The van der Waals surface area contributed by atoms with Crippen molar-refractivity contribution in [1.82, 2.24) is 15.2 Å². The minimum Gasteiger partial charge on any atom is -0.374 e. The van der Waals surface area contributed by atoms with Gasteiger partial charge in [-0.25, -0.2) is 0 Å². The van der Waals surface area contributed by atoms with Crippen molar-refractivity contribution in [2.24, 2.45) is 5.73 Å². The molecule has 7 nitrogen and oxygen atoms in total. The molecule has 5 N–H and O–H groups in total. The summed E-state index contributed by atoms with van der Waals surface area (Å²) in [4.78, 5) is 20.0. The van der Waals surface area contributed by atoms with Crippen LogP contribution in [0.4, 0.5) is 5.69 Å². The van der Waals surface area contributed by atoms with Gasteiger partial charge in [0.25, 0.3) is 5.56 Å². The van der Waals surface area contributed by atoms with Crippen LogP contribution in [0.3, 0.4) is 0 Å². The summed E-state index contributed by atoms with van der Waals surface area (Å²) in [5.74, 6) is 0. The molecular weight excluding hydrogens is 486 g/mol. The van der Waals surface area contributed by atoms with Gasteiger partial charge in [0.1, 0.15) is 6.23 Å². The van der Waals surface area contributed by atoms with Gasteiger partial charge in [0.05, 0.1) is 0 Å². The molecule has 1 fully saturated rings. The predicted octanol–water partition coefficient (Wildman–Crippen LogP) is 4.52. The SMILES string of the molecule is Cc1cc(C)c(CNC(O)c2cc(-c3ccc(CN(C)C)cc3)cc(N(C)C3CCC(N)CC3)c2C)c(=O)[nH]1. The zero-order valence-corrected chi connectivity index (χ0v) is 24.3. The smallest absolute Gasteiger partial charge is 0.252 e. The third-order valence-electron chi connectivity index (χ3n) is 8.14. The summed E-state index contributed by atoms with van der Waals surface area (Å²) in [6.07, 6.45) is 3.26. The Labute approximate surface area is 233 Å². The van der Waals surface area contributed by atoms with Crippen molar-refractivity contribution in [3.8, 4) is 11.1 Å². The number of aliphatic hydroxyl groups is 1. The fourth-order valence-electron chi connectivity index (χ4n) is 5.80. The molecule has 1 unspecified atom stereocenters. The van der Waals surface area contributed by atoms with E-state index in [1.165, 1.54) is 5.56 Å². The topological polar surface area (TPSA) is 97.6 Å². The van der Waals surface area contributed by atoms with Crippen LogP contribution in [0.2, 0.25) is 0 Å². The molecule has 1 aliphatic rings. The third kappa shape index (κ3) is 6.97. The first-order chi connectivity index (χ1) is 18.5. The minimum atomic E-state index is -0.926. The largest absolute Gasteiger partial charge is 0.374 e. The summed E-state index contributed by atoms with van der Waals surface area (Å²) < 4.78 is 0. The summed E-state index contributed by atoms with van der Waals surface area (Å²) in [5.41, 5.74) is 14.9. The van der Waals surface area contributed by atoms with Crippen molar-refractivity contribution in [2.45, 2.75) is 77.9 Å². The Hall–Kier alpha value is -2.97. The second-order valence-electron chi connectivity index (χ2n) is 11.6. The van der Waals surface area contributed by atoms with Crippen molar-refractivity contribution < 1.29 is 5.11 Å². The van der Waals surface area contributed by atoms with Gasteiger partial charge in [0, 0.05) is 54.7 Å². The molecule has 7 heteroatoms. The minimum absolute atomic E-state index is 0.119. The summed E-state index contributed by atoms with van der Waals surface area (Å²) in [6.45, 7) is 7.05. The third-order valence-corrected chi connectivity index (χ3v) is 8.14. The van der Waals surface area contributed by atoms with Gasteiger partial charge >= 0.3 is 0 Å². The molecule has 1 heterocycles. The highest BCUT2D eigenvalue weighted by molar-refractivity contribution is 5.73. The Kier molecular flexibility index (Phi) is 9.28. The van der Waals surface area contributed by atoms with Crippen LogP contribution in [0.5, 0.6) is 0 Å². The van der Waals surface area contributed by atoms with E-state index in [1.807, 2.05) is 19.9 Å². The second kappa shape index (κ2) is 12.5. The highest BCUT2D eigenvalue weighted by Gasteiger charge is 2.25. The Morgan fingerprint density at radius 3 is 2.28 bits per heavy atom. The Bertz CT molecular complexity index is 1320. The second-order valence-corrected chi connectivity index (χ2v) is 11.6. The molecule has 0 aliphatic heterocycles. The molecule has 39 heavy (non-hydrogen) atoms. The van der Waals surface area contributed by atoms with E-state index in [4.69, 9.17) is 5.73 Å². The molecule has 1 saturated carbocycles. The molecular formula is C32H45N5O2. The lowest BCUT2D eigenvalue weighted by Gasteiger charge is -2.36. The van der Waals surface area contributed by atoms with Crippen molar-refractivity contribution in [2.75, 3.05) is 26.0 Å². The van der Waals surface area contributed by atoms with Crippen LogP contribution >= 0.6 is 0 Å². The number of aryl methyl sites for hydroxylation is 2. The first-order valence-corrected chi connectivity index (χ1v) is 14.0. The van der Waals surface area contributed by atoms with Gasteiger partial charge in [-0.05, 0) is 107 Å². The molecule has 210 valence electrons. The number of nitrogens with zero attached hydrogens (tertiary/aromatic N) is 2. The van der Waals surface area contributed by atoms with Crippen molar-refractivity contribution in [3.63, 3.8) is 0 Å². The number of aromatic nitrogens is 1. The number of anilines is 1. The number of aliphatic hydroxyl groups excluding tert-OH is 1. The van der Waals surface area contributed by atoms with E-state index in [-0.39, 0.29) is 18.1 Å². The number of aromatic amines is 1. The van der Waals surface area contributed by atoms with E-state index >= 15 is 0 Å². The van der Waals surface area contributed by atoms with Crippen LogP contribution in [-0.4, -0.2) is 48.2 Å². The lowest BCUT2D eigenvalue weighted by Crippen LogP contribution is -2.39. The maximum absolute atomic E-state index is 12.6. The van der Waals surface area contributed by atoms with Crippen LogP contribution in [0, 0.1) is 20.8 Å². The Balaban J connectivity index is 1.68. The van der Waals surface area contributed by atoms with E-state index < -0.39 is 6.23 Å². The van der Waals surface area contributed by atoms with Crippen LogP contribution in [0.1, 0.15) is 65.4 Å². The fraction of sp³-hybridized carbons (Fsp3) is 0.469. The quantitative estimate of drug-likeness (QED) is 0.303. The highest BCUT2D eigenvalue weighted by atomic mass is 16.3. The number of H-pyrrole nitrogens is 1. The van der Waals surface area contributed by atoms with Crippen LogP contribution in [0.25, 0.3) is 11.1 Å². The van der Waals surface area contributed by atoms with Gasteiger partial charge in [0.15, 0.2) is 0 Å². The number of hydrogen-bond donors (Lipinski definition) is 4. The Morgan fingerprint density at radius 2 is 1.67 bits per heavy atom. The number of nitrogens with one attached hydrogen (secondary N) is 2. The maximum atomic E-state index is 12.6. The number of rotatable bonds is 9. The number of nitrogens with two attached hydrogens (primary N) is 1. The van der Waals surface area contributed by atoms with Gasteiger partial charge < -0.3 is 25.6 Å². The number of hydrogen-bond acceptors (Lipinski definition) is 6. The van der Waals surface area contributed by atoms with Gasteiger partial charge in [-0.3, -0.25) is 10.1 Å². The molecule has 4 rings (SSSR count). The van der Waals surface area contributed by atoms with E-state index in [0.717, 1.165) is 71.4 Å². The monoisotopic (exact) mass is 531 g/mol. The average Bonchev–Trinajstić information content (AvgIpc) is 2.88. The number of pyridine rings is 1. The molecule has 0 bridgehead atoms. The van der Waals surface area contributed by atoms with E-state index in [1.54, 1.807) is 0 Å². The van der Waals surface area contributed by atoms with Crippen LogP contribution < -0.4 is 21.5 Å². The fourth-order valence-corrected chi connectivity index (χ4v) is 5.80. The van der Waals surface area contributed by atoms with E-state index in [0.29, 0.717) is 11.6 Å². The average molecular weight is 532 g/mol. The molecule has 0 saturated heterocycles.